The molecule has 100 valence electrons. The van der Waals surface area contributed by atoms with Gasteiger partial charge in [0.05, 0.1) is 6.61 Å². The molecule has 1 fully saturated rings. The fourth-order valence-corrected chi connectivity index (χ4v) is 2.14. The van der Waals surface area contributed by atoms with E-state index >= 15 is 0 Å². The van der Waals surface area contributed by atoms with E-state index in [0.717, 1.165) is 36.6 Å². The van der Waals surface area contributed by atoms with Gasteiger partial charge < -0.3 is 15.1 Å². The number of nitrogens with zero attached hydrogens (tertiary/aromatic N) is 3. The van der Waals surface area contributed by atoms with Crippen LogP contribution in [0.2, 0.25) is 0 Å². The first-order chi connectivity index (χ1) is 8.65. The van der Waals surface area contributed by atoms with Gasteiger partial charge in [0.25, 0.3) is 0 Å². The van der Waals surface area contributed by atoms with E-state index in [1.165, 1.54) is 0 Å². The van der Waals surface area contributed by atoms with Crippen LogP contribution in [-0.4, -0.2) is 41.6 Å². The Bertz CT molecular complexity index is 398. The quantitative estimate of drug-likeness (QED) is 0.606. The van der Waals surface area contributed by atoms with Crippen LogP contribution in [0.25, 0.3) is 0 Å². The number of hydrazine groups is 1. The molecule has 1 atom stereocenters. The van der Waals surface area contributed by atoms with Gasteiger partial charge in [0.15, 0.2) is 5.82 Å². The Labute approximate surface area is 108 Å². The number of nitrogens with one attached hydrogen (secondary N) is 1. The number of likely N-dealkylation sites (N-methyl/N-ethyl adjacent to an activating group) is 1. The topological polar surface area (TPSA) is 76.3 Å². The highest BCUT2D eigenvalue weighted by Crippen LogP contribution is 2.22. The predicted octanol–water partition coefficient (Wildman–Crippen LogP) is 0.636. The Morgan fingerprint density at radius 1 is 1.50 bits per heavy atom. The number of aryl methyl sites for hydroxylation is 1. The molecule has 0 spiro atoms. The molecule has 1 unspecified atom stereocenters. The van der Waals surface area contributed by atoms with Crippen molar-refractivity contribution in [2.75, 3.05) is 32.2 Å². The lowest BCUT2D eigenvalue weighted by atomic mass is 10.1. The first kappa shape index (κ1) is 13.2. The summed E-state index contributed by atoms with van der Waals surface area (Å²) in [6.45, 7) is 6.53. The van der Waals surface area contributed by atoms with Gasteiger partial charge >= 0.3 is 0 Å². The summed E-state index contributed by atoms with van der Waals surface area (Å²) < 4.78 is 5.74. The summed E-state index contributed by atoms with van der Waals surface area (Å²) >= 11 is 0. The average molecular weight is 251 g/mol. The van der Waals surface area contributed by atoms with Gasteiger partial charge in [-0.2, -0.15) is 0 Å². The van der Waals surface area contributed by atoms with Gasteiger partial charge in [0.1, 0.15) is 11.9 Å². The highest BCUT2D eigenvalue weighted by molar-refractivity contribution is 5.44. The molecule has 6 heteroatoms. The molecule has 0 aromatic carbocycles. The van der Waals surface area contributed by atoms with E-state index in [1.54, 1.807) is 0 Å². The molecule has 2 rings (SSSR count). The van der Waals surface area contributed by atoms with Gasteiger partial charge in [-0.1, -0.05) is 6.92 Å². The third-order valence-electron chi connectivity index (χ3n) is 3.29. The summed E-state index contributed by atoms with van der Waals surface area (Å²) in [4.78, 5) is 11.3. The largest absolute Gasteiger partial charge is 0.368 e. The van der Waals surface area contributed by atoms with Crippen molar-refractivity contribution >= 4 is 5.82 Å². The summed E-state index contributed by atoms with van der Waals surface area (Å²) in [7, 11) is 2.08. The number of hydrogen-bond acceptors (Lipinski definition) is 6. The van der Waals surface area contributed by atoms with Crippen molar-refractivity contribution in [3.63, 3.8) is 0 Å². The van der Waals surface area contributed by atoms with Crippen LogP contribution in [0.15, 0.2) is 0 Å². The van der Waals surface area contributed by atoms with E-state index in [-0.39, 0.29) is 6.10 Å². The Morgan fingerprint density at radius 3 is 2.89 bits per heavy atom. The second kappa shape index (κ2) is 5.60. The molecule has 1 aromatic rings. The van der Waals surface area contributed by atoms with E-state index < -0.39 is 0 Å². The van der Waals surface area contributed by atoms with Gasteiger partial charge in [-0.05, 0) is 20.4 Å². The number of nitrogens with two attached hydrogens (primary N) is 1. The minimum absolute atomic E-state index is 0.0678. The fourth-order valence-electron chi connectivity index (χ4n) is 2.14. The van der Waals surface area contributed by atoms with E-state index in [9.17, 15) is 0 Å². The van der Waals surface area contributed by atoms with Crippen LogP contribution in [0.5, 0.6) is 0 Å². The Hall–Kier alpha value is -1.24. The number of nitrogen functional groups attached to an aromatic ring is 1. The molecule has 18 heavy (non-hydrogen) atoms. The molecule has 2 heterocycles. The van der Waals surface area contributed by atoms with Crippen LogP contribution in [0.3, 0.4) is 0 Å². The van der Waals surface area contributed by atoms with Crippen molar-refractivity contribution < 1.29 is 4.74 Å². The van der Waals surface area contributed by atoms with Gasteiger partial charge in [-0.3, -0.25) is 0 Å². The third kappa shape index (κ3) is 2.60. The lowest BCUT2D eigenvalue weighted by molar-refractivity contribution is -0.0255. The lowest BCUT2D eigenvalue weighted by Gasteiger charge is -2.29. The number of anilines is 1. The number of morpholine rings is 1. The van der Waals surface area contributed by atoms with Crippen molar-refractivity contribution in [1.82, 2.24) is 14.9 Å². The highest BCUT2D eigenvalue weighted by atomic mass is 16.5. The molecule has 0 amide bonds. The smallest absolute Gasteiger partial charge is 0.161 e. The third-order valence-corrected chi connectivity index (χ3v) is 3.29. The van der Waals surface area contributed by atoms with E-state index in [2.05, 4.69) is 34.3 Å². The number of hydrogen-bond donors (Lipinski definition) is 2. The van der Waals surface area contributed by atoms with Crippen LogP contribution < -0.4 is 11.3 Å². The molecule has 3 N–H and O–H groups in total. The molecule has 0 bridgehead atoms. The van der Waals surface area contributed by atoms with E-state index in [4.69, 9.17) is 10.6 Å². The van der Waals surface area contributed by atoms with E-state index in [1.807, 2.05) is 6.92 Å². The summed E-state index contributed by atoms with van der Waals surface area (Å²) in [6, 6.07) is 0. The van der Waals surface area contributed by atoms with Crippen LogP contribution in [0.1, 0.15) is 30.1 Å². The first-order valence-corrected chi connectivity index (χ1v) is 6.29. The molecule has 1 saturated heterocycles. The van der Waals surface area contributed by atoms with Crippen molar-refractivity contribution in [1.29, 1.82) is 0 Å². The molecule has 0 aliphatic carbocycles. The molecule has 6 nitrogen and oxygen atoms in total. The predicted molar refractivity (Wildman–Crippen MR) is 70.1 cm³/mol. The second-order valence-electron chi connectivity index (χ2n) is 4.62. The molecule has 0 saturated carbocycles. The Kier molecular flexibility index (Phi) is 4.11. The number of aromatic nitrogens is 2. The molecule has 1 aromatic heterocycles. The maximum Gasteiger partial charge on any atom is 0.161 e. The SMILES string of the molecule is CCc1nc(C2CN(C)CCO2)nc(NN)c1C. The van der Waals surface area contributed by atoms with Crippen molar-refractivity contribution in [2.45, 2.75) is 26.4 Å². The average Bonchev–Trinajstić information content (AvgIpc) is 2.39. The Balaban J connectivity index is 2.32. The molecule has 1 aliphatic heterocycles. The summed E-state index contributed by atoms with van der Waals surface area (Å²) in [5.41, 5.74) is 4.67. The lowest BCUT2D eigenvalue weighted by Crippen LogP contribution is -2.36. The zero-order valence-electron chi connectivity index (χ0n) is 11.2. The highest BCUT2D eigenvalue weighted by Gasteiger charge is 2.23. The van der Waals surface area contributed by atoms with Crippen LogP contribution in [0.4, 0.5) is 5.82 Å². The minimum Gasteiger partial charge on any atom is -0.368 e. The molecule has 1 aliphatic rings. The molecular formula is C12H21N5O. The monoisotopic (exact) mass is 251 g/mol. The normalized spacial score (nSPS) is 21.0. The summed E-state index contributed by atoms with van der Waals surface area (Å²) in [5.74, 6) is 6.92. The minimum atomic E-state index is -0.0678. The summed E-state index contributed by atoms with van der Waals surface area (Å²) in [5, 5.41) is 0. The van der Waals surface area contributed by atoms with Crippen molar-refractivity contribution in [2.24, 2.45) is 5.84 Å². The molecule has 0 radical (unpaired) electrons. The van der Waals surface area contributed by atoms with Gasteiger partial charge in [0, 0.05) is 24.3 Å². The number of rotatable bonds is 3. The maximum atomic E-state index is 5.74. The zero-order valence-corrected chi connectivity index (χ0v) is 11.2. The van der Waals surface area contributed by atoms with Gasteiger partial charge in [0.2, 0.25) is 0 Å². The van der Waals surface area contributed by atoms with Gasteiger partial charge in [-0.25, -0.2) is 15.8 Å². The van der Waals surface area contributed by atoms with Crippen LogP contribution in [-0.2, 0) is 11.2 Å². The van der Waals surface area contributed by atoms with E-state index in [0.29, 0.717) is 12.4 Å². The zero-order chi connectivity index (χ0) is 13.1. The van der Waals surface area contributed by atoms with Crippen molar-refractivity contribution in [3.05, 3.63) is 17.1 Å². The Morgan fingerprint density at radius 2 is 2.28 bits per heavy atom. The fraction of sp³-hybridized carbons (Fsp3) is 0.667. The standard InChI is InChI=1S/C12H21N5O/c1-4-9-8(2)11(16-13)15-12(14-9)10-7-17(3)5-6-18-10/h10H,4-7,13H2,1-3H3,(H,14,15,16). The summed E-state index contributed by atoms with van der Waals surface area (Å²) in [6.07, 6.45) is 0.792. The van der Waals surface area contributed by atoms with Gasteiger partial charge in [-0.15, -0.1) is 0 Å². The van der Waals surface area contributed by atoms with Crippen LogP contribution >= 0.6 is 0 Å². The number of ether oxygens (including phenoxy) is 1. The molecular weight excluding hydrogens is 230 g/mol. The van der Waals surface area contributed by atoms with Crippen LogP contribution in [0, 0.1) is 6.92 Å². The first-order valence-electron chi connectivity index (χ1n) is 6.29. The second-order valence-corrected chi connectivity index (χ2v) is 4.62. The van der Waals surface area contributed by atoms with Crippen molar-refractivity contribution in [3.8, 4) is 0 Å². The maximum absolute atomic E-state index is 5.74.